The van der Waals surface area contributed by atoms with Gasteiger partial charge < -0.3 is 20.7 Å². The van der Waals surface area contributed by atoms with E-state index in [0.717, 1.165) is 6.07 Å². The summed E-state index contributed by atoms with van der Waals surface area (Å²) in [6.45, 7) is 0.0825. The zero-order chi connectivity index (χ0) is 13.9. The molecule has 1 rings (SSSR count). The molecule has 102 valence electrons. The van der Waals surface area contributed by atoms with E-state index in [9.17, 15) is 23.4 Å². The van der Waals surface area contributed by atoms with Crippen molar-refractivity contribution in [2.75, 3.05) is 13.7 Å². The summed E-state index contributed by atoms with van der Waals surface area (Å²) < 4.78 is 42.7. The molecule has 0 saturated carbocycles. The van der Waals surface area contributed by atoms with Gasteiger partial charge in [0.1, 0.15) is 17.1 Å². The van der Waals surface area contributed by atoms with E-state index >= 15 is 0 Å². The number of aliphatic hydroxyl groups excluding tert-OH is 1. The Morgan fingerprint density at radius 3 is 2.44 bits per heavy atom. The second-order valence-electron chi connectivity index (χ2n) is 3.70. The van der Waals surface area contributed by atoms with Crippen LogP contribution >= 0.6 is 0 Å². The van der Waals surface area contributed by atoms with Gasteiger partial charge in [0.05, 0.1) is 13.2 Å². The maximum atomic E-state index is 12.7. The zero-order valence-corrected chi connectivity index (χ0v) is 9.66. The van der Waals surface area contributed by atoms with Crippen molar-refractivity contribution in [3.05, 3.63) is 23.3 Å². The Hall–Kier alpha value is -1.47. The zero-order valence-electron chi connectivity index (χ0n) is 9.66. The third-order valence-corrected chi connectivity index (χ3v) is 2.45. The standard InChI is InChI=1S/C11H14F3NO3/c1-18-6-4-7(9(16)2-3-15)10(17)8(5-6)11(12,13)14/h4-5,9,16-17H,2-3,15H2,1H3. The summed E-state index contributed by atoms with van der Waals surface area (Å²) in [6, 6.07) is 1.83. The molecule has 0 heterocycles. The molecule has 1 aromatic carbocycles. The fourth-order valence-corrected chi connectivity index (χ4v) is 1.53. The van der Waals surface area contributed by atoms with Gasteiger partial charge in [-0.3, -0.25) is 0 Å². The third kappa shape index (κ3) is 3.05. The molecule has 1 unspecified atom stereocenters. The molecule has 18 heavy (non-hydrogen) atoms. The Bertz CT molecular complexity index is 421. The van der Waals surface area contributed by atoms with Crippen molar-refractivity contribution in [3.63, 3.8) is 0 Å². The van der Waals surface area contributed by atoms with Crippen molar-refractivity contribution in [2.24, 2.45) is 5.73 Å². The number of hydrogen-bond donors (Lipinski definition) is 3. The normalized spacial score (nSPS) is 13.4. The van der Waals surface area contributed by atoms with Crippen LogP contribution in [0, 0.1) is 0 Å². The Labute approximate surface area is 102 Å². The van der Waals surface area contributed by atoms with Crippen molar-refractivity contribution in [1.82, 2.24) is 0 Å². The van der Waals surface area contributed by atoms with Gasteiger partial charge in [-0.25, -0.2) is 0 Å². The van der Waals surface area contributed by atoms with Crippen molar-refractivity contribution in [2.45, 2.75) is 18.7 Å². The van der Waals surface area contributed by atoms with Crippen LogP contribution in [-0.2, 0) is 6.18 Å². The minimum Gasteiger partial charge on any atom is -0.507 e. The van der Waals surface area contributed by atoms with E-state index in [4.69, 9.17) is 10.5 Å². The predicted molar refractivity (Wildman–Crippen MR) is 58.3 cm³/mol. The quantitative estimate of drug-likeness (QED) is 0.776. The molecule has 0 fully saturated rings. The summed E-state index contributed by atoms with van der Waals surface area (Å²) in [6.07, 6.45) is -5.96. The first-order chi connectivity index (χ1) is 8.31. The van der Waals surface area contributed by atoms with Crippen molar-refractivity contribution >= 4 is 0 Å². The maximum absolute atomic E-state index is 12.7. The Morgan fingerprint density at radius 1 is 1.39 bits per heavy atom. The van der Waals surface area contributed by atoms with Crippen LogP contribution in [0.2, 0.25) is 0 Å². The number of aromatic hydroxyl groups is 1. The molecule has 4 N–H and O–H groups in total. The Kier molecular flexibility index (Phi) is 4.42. The molecular weight excluding hydrogens is 251 g/mol. The van der Waals surface area contributed by atoms with Crippen LogP contribution in [0.15, 0.2) is 12.1 Å². The molecular formula is C11H14F3NO3. The number of nitrogens with two attached hydrogens (primary N) is 1. The van der Waals surface area contributed by atoms with Crippen molar-refractivity contribution in [1.29, 1.82) is 0 Å². The summed E-state index contributed by atoms with van der Waals surface area (Å²) >= 11 is 0. The fourth-order valence-electron chi connectivity index (χ4n) is 1.53. The monoisotopic (exact) mass is 265 g/mol. The molecule has 0 bridgehead atoms. The number of benzene rings is 1. The highest BCUT2D eigenvalue weighted by molar-refractivity contribution is 5.48. The smallest absolute Gasteiger partial charge is 0.420 e. The SMILES string of the molecule is COc1cc(C(O)CCN)c(O)c(C(F)(F)F)c1. The van der Waals surface area contributed by atoms with Crippen LogP contribution in [0.25, 0.3) is 0 Å². The molecule has 0 spiro atoms. The highest BCUT2D eigenvalue weighted by atomic mass is 19.4. The highest BCUT2D eigenvalue weighted by Gasteiger charge is 2.36. The number of rotatable bonds is 4. The van der Waals surface area contributed by atoms with Gasteiger partial charge in [-0.2, -0.15) is 13.2 Å². The highest BCUT2D eigenvalue weighted by Crippen LogP contribution is 2.42. The van der Waals surface area contributed by atoms with E-state index in [2.05, 4.69) is 0 Å². The average molecular weight is 265 g/mol. The van der Waals surface area contributed by atoms with Crippen molar-refractivity contribution < 1.29 is 28.1 Å². The lowest BCUT2D eigenvalue weighted by molar-refractivity contribution is -0.139. The summed E-state index contributed by atoms with van der Waals surface area (Å²) in [5.74, 6) is -1.09. The number of phenolic OH excluding ortho intramolecular Hbond substituents is 1. The van der Waals surface area contributed by atoms with Crippen LogP contribution in [0.1, 0.15) is 23.7 Å². The number of aliphatic hydroxyl groups is 1. The average Bonchev–Trinajstić information content (AvgIpc) is 2.28. The molecule has 0 saturated heterocycles. The van der Waals surface area contributed by atoms with Gasteiger partial charge in [0.2, 0.25) is 0 Å². The number of alkyl halides is 3. The number of methoxy groups -OCH3 is 1. The Balaban J connectivity index is 3.34. The topological polar surface area (TPSA) is 75.7 Å². The van der Waals surface area contributed by atoms with Crippen LogP contribution in [-0.4, -0.2) is 23.9 Å². The van der Waals surface area contributed by atoms with E-state index in [-0.39, 0.29) is 24.3 Å². The number of halogens is 3. The Morgan fingerprint density at radius 2 is 2.00 bits per heavy atom. The van der Waals surface area contributed by atoms with Crippen LogP contribution in [0.3, 0.4) is 0 Å². The lowest BCUT2D eigenvalue weighted by atomic mass is 10.0. The number of hydrogen-bond acceptors (Lipinski definition) is 4. The largest absolute Gasteiger partial charge is 0.507 e. The minimum absolute atomic E-state index is 0.0397. The first-order valence-corrected chi connectivity index (χ1v) is 5.17. The molecule has 0 aliphatic carbocycles. The van der Waals surface area contributed by atoms with Crippen LogP contribution in [0.5, 0.6) is 11.5 Å². The molecule has 0 aliphatic rings. The molecule has 0 aromatic heterocycles. The lowest BCUT2D eigenvalue weighted by Crippen LogP contribution is -2.11. The predicted octanol–water partition coefficient (Wildman–Crippen LogP) is 1.80. The number of phenols is 1. The van der Waals surface area contributed by atoms with E-state index in [1.165, 1.54) is 7.11 Å². The molecule has 0 amide bonds. The van der Waals surface area contributed by atoms with E-state index in [1.54, 1.807) is 0 Å². The summed E-state index contributed by atoms with van der Waals surface area (Å²) in [5.41, 5.74) is 3.73. The van der Waals surface area contributed by atoms with Gasteiger partial charge >= 0.3 is 6.18 Å². The van der Waals surface area contributed by atoms with E-state index in [1.807, 2.05) is 0 Å². The van der Waals surface area contributed by atoms with Crippen molar-refractivity contribution in [3.8, 4) is 11.5 Å². The summed E-state index contributed by atoms with van der Waals surface area (Å²) in [5, 5.41) is 19.2. The molecule has 0 radical (unpaired) electrons. The van der Waals surface area contributed by atoms with Gasteiger partial charge in [0.15, 0.2) is 0 Å². The molecule has 7 heteroatoms. The van der Waals surface area contributed by atoms with Gasteiger partial charge in [-0.15, -0.1) is 0 Å². The van der Waals surface area contributed by atoms with Crippen LogP contribution in [0.4, 0.5) is 13.2 Å². The second kappa shape index (κ2) is 5.45. The molecule has 1 aromatic rings. The second-order valence-corrected chi connectivity index (χ2v) is 3.70. The lowest BCUT2D eigenvalue weighted by Gasteiger charge is -2.17. The van der Waals surface area contributed by atoms with Crippen LogP contribution < -0.4 is 10.5 Å². The minimum atomic E-state index is -4.73. The first-order valence-electron chi connectivity index (χ1n) is 5.17. The first kappa shape index (κ1) is 14.6. The van der Waals surface area contributed by atoms with Gasteiger partial charge in [0, 0.05) is 5.56 Å². The molecule has 1 atom stereocenters. The molecule has 0 aliphatic heterocycles. The fraction of sp³-hybridized carbons (Fsp3) is 0.455. The van der Waals surface area contributed by atoms with Gasteiger partial charge in [-0.05, 0) is 25.1 Å². The third-order valence-electron chi connectivity index (χ3n) is 2.45. The van der Waals surface area contributed by atoms with Gasteiger partial charge in [-0.1, -0.05) is 0 Å². The van der Waals surface area contributed by atoms with E-state index < -0.39 is 23.6 Å². The summed E-state index contributed by atoms with van der Waals surface area (Å²) in [7, 11) is 1.20. The molecule has 4 nitrogen and oxygen atoms in total. The summed E-state index contributed by atoms with van der Waals surface area (Å²) in [4.78, 5) is 0. The van der Waals surface area contributed by atoms with E-state index in [0.29, 0.717) is 6.07 Å². The maximum Gasteiger partial charge on any atom is 0.420 e. The number of ether oxygens (including phenoxy) is 1. The van der Waals surface area contributed by atoms with Gasteiger partial charge in [0.25, 0.3) is 0 Å².